The smallest absolute Gasteiger partial charge is 0.338 e. The van der Waals surface area contributed by atoms with Crippen molar-refractivity contribution in [2.75, 3.05) is 6.61 Å². The van der Waals surface area contributed by atoms with Crippen LogP contribution < -0.4 is 11.2 Å². The van der Waals surface area contributed by atoms with E-state index >= 15 is 0 Å². The molecule has 52 heavy (non-hydrogen) atoms. The minimum Gasteiger partial charge on any atom is -0.459 e. The third kappa shape index (κ3) is 9.33. The van der Waals surface area contributed by atoms with Crippen LogP contribution >= 0.6 is 0 Å². The van der Waals surface area contributed by atoms with Gasteiger partial charge in [0, 0.05) is 12.6 Å². The second-order valence-electron chi connectivity index (χ2n) is 12.7. The van der Waals surface area contributed by atoms with Crippen LogP contribution in [0, 0.1) is 11.8 Å². The third-order valence-corrected chi connectivity index (χ3v) is 8.75. The van der Waals surface area contributed by atoms with Crippen molar-refractivity contribution in [2.24, 2.45) is 0 Å². The Balaban J connectivity index is 1.52. The number of esters is 3. The van der Waals surface area contributed by atoms with Crippen molar-refractivity contribution in [3.8, 4) is 11.8 Å². The summed E-state index contributed by atoms with van der Waals surface area (Å²) in [6.45, 7) is 3.17. The molecule has 2 heterocycles. The lowest BCUT2D eigenvalue weighted by Crippen LogP contribution is -2.52. The zero-order chi connectivity index (χ0) is 36.9. The van der Waals surface area contributed by atoms with Crippen LogP contribution in [0.25, 0.3) is 0 Å². The molecule has 0 aliphatic carbocycles. The van der Waals surface area contributed by atoms with Gasteiger partial charge in [0.05, 0.1) is 16.7 Å². The molecule has 1 saturated heterocycles. The fourth-order valence-corrected chi connectivity index (χ4v) is 5.96. The Kier molecular flexibility index (Phi) is 13.0. The molecule has 0 bridgehead atoms. The molecule has 11 heteroatoms. The molecule has 11 nitrogen and oxygen atoms in total. The Bertz CT molecular complexity index is 2000. The number of aromatic amines is 1. The molecule has 0 saturated carbocycles. The molecule has 0 amide bonds. The maximum atomic E-state index is 13.7. The molecule has 4 aromatic rings. The number of hydrogen-bond acceptors (Lipinski definition) is 9. The number of benzene rings is 3. The van der Waals surface area contributed by atoms with Gasteiger partial charge in [0.25, 0.3) is 5.56 Å². The van der Waals surface area contributed by atoms with Gasteiger partial charge in [0.1, 0.15) is 18.3 Å². The van der Waals surface area contributed by atoms with E-state index < -0.39 is 59.8 Å². The molecule has 1 aliphatic heterocycles. The summed E-state index contributed by atoms with van der Waals surface area (Å²) in [4.78, 5) is 68.9. The second kappa shape index (κ2) is 18.0. The Morgan fingerprint density at radius 3 is 1.96 bits per heavy atom. The van der Waals surface area contributed by atoms with Gasteiger partial charge in [-0.2, -0.15) is 0 Å². The topological polar surface area (TPSA) is 143 Å². The zero-order valence-electron chi connectivity index (χ0n) is 29.2. The van der Waals surface area contributed by atoms with Crippen molar-refractivity contribution in [3.63, 3.8) is 0 Å². The average Bonchev–Trinajstić information content (AvgIpc) is 3.42. The normalized spacial score (nSPS) is 19.2. The SMILES string of the molecule is CCCCCCCCC#Cc1cn([C@@H]2O[C@H](COC(=O)c3ccccc3)[C@@H](OC(=O)c3ccccc3)[C@@]2(C)OC(=O)c2ccccc2)c(=O)[nH]c1=O. The molecule has 1 N–H and O–H groups in total. The minimum atomic E-state index is -1.91. The number of nitrogens with one attached hydrogen (secondary N) is 1. The second-order valence-corrected chi connectivity index (χ2v) is 12.7. The van der Waals surface area contributed by atoms with E-state index in [1.54, 1.807) is 91.0 Å². The van der Waals surface area contributed by atoms with E-state index in [-0.39, 0.29) is 22.3 Å². The highest BCUT2D eigenvalue weighted by Gasteiger charge is 2.60. The Labute approximate surface area is 301 Å². The average molecular weight is 707 g/mol. The zero-order valence-corrected chi connectivity index (χ0v) is 29.2. The van der Waals surface area contributed by atoms with Gasteiger partial charge in [-0.1, -0.05) is 105 Å². The molecular formula is C41H42N2O9. The predicted octanol–water partition coefficient (Wildman–Crippen LogP) is 6.23. The molecule has 1 aromatic heterocycles. The van der Waals surface area contributed by atoms with Crippen molar-refractivity contribution >= 4 is 17.9 Å². The number of unbranched alkanes of at least 4 members (excludes halogenated alkanes) is 6. The molecule has 5 rings (SSSR count). The van der Waals surface area contributed by atoms with E-state index in [1.165, 1.54) is 19.5 Å². The summed E-state index contributed by atoms with van der Waals surface area (Å²) >= 11 is 0. The van der Waals surface area contributed by atoms with Crippen LogP contribution in [0.1, 0.15) is 102 Å². The third-order valence-electron chi connectivity index (χ3n) is 8.75. The van der Waals surface area contributed by atoms with E-state index in [4.69, 9.17) is 18.9 Å². The van der Waals surface area contributed by atoms with Gasteiger partial charge in [-0.05, 0) is 49.7 Å². The van der Waals surface area contributed by atoms with Crippen molar-refractivity contribution < 1.29 is 33.3 Å². The largest absolute Gasteiger partial charge is 0.459 e. The van der Waals surface area contributed by atoms with E-state index in [2.05, 4.69) is 23.7 Å². The van der Waals surface area contributed by atoms with Crippen LogP contribution in [0.5, 0.6) is 0 Å². The summed E-state index contributed by atoms with van der Waals surface area (Å²) in [5.74, 6) is 3.64. The molecule has 0 radical (unpaired) electrons. The first kappa shape index (κ1) is 37.5. The number of nitrogens with zero attached hydrogens (tertiary/aromatic N) is 1. The van der Waals surface area contributed by atoms with Gasteiger partial charge in [-0.25, -0.2) is 19.2 Å². The van der Waals surface area contributed by atoms with Crippen LogP contribution in [-0.4, -0.2) is 51.9 Å². The Morgan fingerprint density at radius 1 is 0.788 bits per heavy atom. The van der Waals surface area contributed by atoms with Crippen LogP contribution in [0.15, 0.2) is 107 Å². The van der Waals surface area contributed by atoms with Gasteiger partial charge in [0.2, 0.25) is 0 Å². The van der Waals surface area contributed by atoms with E-state index in [9.17, 15) is 24.0 Å². The fraction of sp³-hybridized carbons (Fsp3) is 0.341. The highest BCUT2D eigenvalue weighted by atomic mass is 16.7. The monoisotopic (exact) mass is 706 g/mol. The quantitative estimate of drug-likeness (QED) is 0.0698. The van der Waals surface area contributed by atoms with Crippen LogP contribution in [-0.2, 0) is 18.9 Å². The lowest BCUT2D eigenvalue weighted by atomic mass is 9.95. The van der Waals surface area contributed by atoms with Crippen LogP contribution in [0.2, 0.25) is 0 Å². The van der Waals surface area contributed by atoms with Crippen LogP contribution in [0.3, 0.4) is 0 Å². The highest BCUT2D eigenvalue weighted by Crippen LogP contribution is 2.43. The number of rotatable bonds is 14. The summed E-state index contributed by atoms with van der Waals surface area (Å²) in [5.41, 5.74) is -2.84. The van der Waals surface area contributed by atoms with Gasteiger partial charge in [0.15, 0.2) is 17.9 Å². The number of ether oxygens (including phenoxy) is 4. The number of carbonyl (C=O) groups excluding carboxylic acids is 3. The highest BCUT2D eigenvalue weighted by molar-refractivity contribution is 5.91. The summed E-state index contributed by atoms with van der Waals surface area (Å²) < 4.78 is 25.2. The van der Waals surface area contributed by atoms with Crippen molar-refractivity contribution in [1.29, 1.82) is 0 Å². The summed E-state index contributed by atoms with van der Waals surface area (Å²) in [5, 5.41) is 0. The minimum absolute atomic E-state index is 0.0114. The van der Waals surface area contributed by atoms with Gasteiger partial charge >= 0.3 is 23.6 Å². The number of H-pyrrole nitrogens is 1. The van der Waals surface area contributed by atoms with Gasteiger partial charge in [-0.15, -0.1) is 0 Å². The Morgan fingerprint density at radius 2 is 1.35 bits per heavy atom. The molecule has 0 spiro atoms. The lowest BCUT2D eigenvalue weighted by molar-refractivity contribution is -0.111. The predicted molar refractivity (Wildman–Crippen MR) is 193 cm³/mol. The Hall–Kier alpha value is -5.73. The molecule has 4 atom stereocenters. The fourth-order valence-electron chi connectivity index (χ4n) is 5.96. The number of hydrogen-bond donors (Lipinski definition) is 1. The van der Waals surface area contributed by atoms with E-state index in [1.807, 2.05) is 0 Å². The number of aromatic nitrogens is 2. The maximum Gasteiger partial charge on any atom is 0.338 e. The summed E-state index contributed by atoms with van der Waals surface area (Å²) in [6.07, 6.45) is 4.18. The standard InChI is InChI=1S/C41H42N2O9/c1-3-4-5-6-7-8-9-13-26-32-27-43(40(48)42-35(32)44)39-41(2,52-38(47)31-24-18-12-19-25-31)34(51-37(46)30-22-16-11-17-23-30)33(50-39)28-49-36(45)29-20-14-10-15-21-29/h10-12,14-25,27,33-34,39H,3-9,28H2,1-2H3,(H,42,44,48)/t33-,34-,39-,41-/m1/s1. The van der Waals surface area contributed by atoms with Gasteiger partial charge in [-0.3, -0.25) is 14.3 Å². The summed E-state index contributed by atoms with van der Waals surface area (Å²) in [6, 6.07) is 24.6. The van der Waals surface area contributed by atoms with E-state index in [0.717, 1.165) is 36.7 Å². The molecule has 1 aliphatic rings. The first-order chi connectivity index (χ1) is 25.2. The summed E-state index contributed by atoms with van der Waals surface area (Å²) in [7, 11) is 0. The molecule has 0 unspecified atom stereocenters. The first-order valence-electron chi connectivity index (χ1n) is 17.5. The molecule has 3 aromatic carbocycles. The molecule has 270 valence electrons. The number of carbonyl (C=O) groups is 3. The maximum absolute atomic E-state index is 13.7. The van der Waals surface area contributed by atoms with Crippen molar-refractivity contribution in [2.45, 2.75) is 82.8 Å². The first-order valence-corrected chi connectivity index (χ1v) is 17.5. The van der Waals surface area contributed by atoms with Crippen molar-refractivity contribution in [3.05, 3.63) is 140 Å². The van der Waals surface area contributed by atoms with Gasteiger partial charge < -0.3 is 18.9 Å². The lowest BCUT2D eigenvalue weighted by Gasteiger charge is -2.34. The van der Waals surface area contributed by atoms with Crippen LogP contribution in [0.4, 0.5) is 0 Å². The molecular weight excluding hydrogens is 664 g/mol. The van der Waals surface area contributed by atoms with Crippen molar-refractivity contribution in [1.82, 2.24) is 9.55 Å². The molecule has 1 fully saturated rings. The van der Waals surface area contributed by atoms with E-state index in [0.29, 0.717) is 6.42 Å².